The van der Waals surface area contributed by atoms with E-state index in [1.54, 1.807) is 36.4 Å². The minimum atomic E-state index is -2.80. The van der Waals surface area contributed by atoms with Gasteiger partial charge < -0.3 is 14.8 Å². The van der Waals surface area contributed by atoms with Gasteiger partial charge in [-0.1, -0.05) is 43.8 Å². The number of fused-ring (bicyclic) bond motifs is 1. The lowest BCUT2D eigenvalue weighted by Gasteiger charge is -2.12. The molecule has 37 heavy (non-hydrogen) atoms. The van der Waals surface area contributed by atoms with Crippen molar-refractivity contribution >= 4 is 28.7 Å². The lowest BCUT2D eigenvalue weighted by molar-refractivity contribution is 0.103. The summed E-state index contributed by atoms with van der Waals surface area (Å²) in [5.74, 6) is 0.274. The summed E-state index contributed by atoms with van der Waals surface area (Å²) in [6, 6.07) is 17.3. The van der Waals surface area contributed by atoms with Gasteiger partial charge in [0.05, 0.1) is 11.1 Å². The fourth-order valence-electron chi connectivity index (χ4n) is 3.63. The van der Waals surface area contributed by atoms with Gasteiger partial charge in [-0.3, -0.25) is 4.79 Å². The standard InChI is InChI=1S/C28H23F2N3O4/c1-3-17(2)25(34)21-11-7-12-22-24(21)32-16-33-27(22)31-15-18-8-6-9-19(14-18)36-28(35)37-23-13-5-4-10-20(23)26(29)30/h4-14,16,26H,2-3,15H2,1H3,(H,31,32,33). The van der Waals surface area contributed by atoms with E-state index in [0.717, 1.165) is 5.56 Å². The average molecular weight is 504 g/mol. The maximum Gasteiger partial charge on any atom is 0.519 e. The molecule has 0 saturated carbocycles. The zero-order valence-corrected chi connectivity index (χ0v) is 19.9. The number of ketones is 1. The lowest BCUT2D eigenvalue weighted by Crippen LogP contribution is -2.15. The average Bonchev–Trinajstić information content (AvgIpc) is 2.91. The molecule has 0 fully saturated rings. The van der Waals surface area contributed by atoms with Crippen LogP contribution in [0.25, 0.3) is 10.9 Å². The lowest BCUT2D eigenvalue weighted by atomic mass is 10.0. The van der Waals surface area contributed by atoms with Crippen molar-refractivity contribution in [2.75, 3.05) is 5.32 Å². The van der Waals surface area contributed by atoms with Gasteiger partial charge in [-0.15, -0.1) is 0 Å². The molecule has 0 aliphatic heterocycles. The predicted molar refractivity (Wildman–Crippen MR) is 135 cm³/mol. The highest BCUT2D eigenvalue weighted by Crippen LogP contribution is 2.29. The van der Waals surface area contributed by atoms with E-state index < -0.39 is 18.1 Å². The van der Waals surface area contributed by atoms with E-state index in [4.69, 9.17) is 9.47 Å². The van der Waals surface area contributed by atoms with Crippen LogP contribution in [0.15, 0.2) is 85.2 Å². The number of benzene rings is 3. The summed E-state index contributed by atoms with van der Waals surface area (Å²) in [5.41, 5.74) is 1.81. The summed E-state index contributed by atoms with van der Waals surface area (Å²) in [5, 5.41) is 3.89. The SMILES string of the molecule is C=C(CC)C(=O)c1cccc2c(NCc3cccc(OC(=O)Oc4ccccc4C(F)F)c3)ncnc12. The number of para-hydroxylation sites is 2. The van der Waals surface area contributed by atoms with E-state index in [1.807, 2.05) is 13.0 Å². The Bertz CT molecular complexity index is 1470. The zero-order valence-electron chi connectivity index (χ0n) is 19.9. The van der Waals surface area contributed by atoms with Crippen molar-refractivity contribution in [3.05, 3.63) is 102 Å². The maximum absolute atomic E-state index is 13.1. The van der Waals surface area contributed by atoms with Crippen LogP contribution in [-0.4, -0.2) is 21.9 Å². The van der Waals surface area contributed by atoms with Gasteiger partial charge in [0.15, 0.2) is 5.78 Å². The summed E-state index contributed by atoms with van der Waals surface area (Å²) in [6.07, 6.45) is -2.01. The predicted octanol–water partition coefficient (Wildman–Crippen LogP) is 6.91. The van der Waals surface area contributed by atoms with Crippen molar-refractivity contribution < 1.29 is 27.8 Å². The molecule has 0 aliphatic rings. The Labute approximate surface area is 211 Å². The Morgan fingerprint density at radius 2 is 1.78 bits per heavy atom. The van der Waals surface area contributed by atoms with Crippen LogP contribution in [0, 0.1) is 0 Å². The molecule has 7 nitrogen and oxygen atoms in total. The van der Waals surface area contributed by atoms with E-state index in [2.05, 4.69) is 21.9 Å². The number of ether oxygens (including phenoxy) is 2. The van der Waals surface area contributed by atoms with Gasteiger partial charge in [0, 0.05) is 17.5 Å². The number of nitrogens with one attached hydrogen (secondary N) is 1. The van der Waals surface area contributed by atoms with E-state index in [9.17, 15) is 18.4 Å². The Kier molecular flexibility index (Phi) is 7.83. The van der Waals surface area contributed by atoms with Crippen LogP contribution in [-0.2, 0) is 6.54 Å². The third-order valence-corrected chi connectivity index (χ3v) is 5.56. The van der Waals surface area contributed by atoms with Crippen molar-refractivity contribution in [3.8, 4) is 11.5 Å². The summed E-state index contributed by atoms with van der Waals surface area (Å²) >= 11 is 0. The molecular formula is C28H23F2N3O4. The number of halogens is 2. The Morgan fingerprint density at radius 1 is 1.00 bits per heavy atom. The molecule has 0 bridgehead atoms. The fourth-order valence-corrected chi connectivity index (χ4v) is 3.63. The highest BCUT2D eigenvalue weighted by Gasteiger charge is 2.18. The fraction of sp³-hybridized carbons (Fsp3) is 0.143. The van der Waals surface area contributed by atoms with Gasteiger partial charge in [0.1, 0.15) is 23.6 Å². The Balaban J connectivity index is 1.47. The third-order valence-electron chi connectivity index (χ3n) is 5.56. The van der Waals surface area contributed by atoms with Gasteiger partial charge in [0.2, 0.25) is 0 Å². The van der Waals surface area contributed by atoms with Gasteiger partial charge in [-0.05, 0) is 54.0 Å². The summed E-state index contributed by atoms with van der Waals surface area (Å²) in [4.78, 5) is 33.5. The molecule has 0 aliphatic carbocycles. The number of aromatic nitrogens is 2. The molecule has 188 valence electrons. The number of hydrogen-bond acceptors (Lipinski definition) is 7. The molecule has 0 spiro atoms. The Morgan fingerprint density at radius 3 is 2.57 bits per heavy atom. The Hall–Kier alpha value is -4.66. The second-order valence-corrected chi connectivity index (χ2v) is 8.00. The highest BCUT2D eigenvalue weighted by molar-refractivity contribution is 6.15. The number of nitrogens with zero attached hydrogens (tertiary/aromatic N) is 2. The largest absolute Gasteiger partial charge is 0.519 e. The molecule has 1 heterocycles. The van der Waals surface area contributed by atoms with Crippen LogP contribution in [0.3, 0.4) is 0 Å². The number of Topliss-reactive ketones (excluding diaryl/α,β-unsaturated/α-hetero) is 1. The topological polar surface area (TPSA) is 90.4 Å². The number of anilines is 1. The summed E-state index contributed by atoms with van der Waals surface area (Å²) in [7, 11) is 0. The first-order valence-electron chi connectivity index (χ1n) is 11.4. The van der Waals surface area contributed by atoms with Crippen LogP contribution in [0.5, 0.6) is 11.5 Å². The number of allylic oxidation sites excluding steroid dienone is 1. The first kappa shape index (κ1) is 25.4. The van der Waals surface area contributed by atoms with Crippen LogP contribution < -0.4 is 14.8 Å². The molecule has 0 radical (unpaired) electrons. The first-order valence-corrected chi connectivity index (χ1v) is 11.4. The second-order valence-electron chi connectivity index (χ2n) is 8.00. The quantitative estimate of drug-likeness (QED) is 0.115. The maximum atomic E-state index is 13.1. The van der Waals surface area contributed by atoms with E-state index in [0.29, 0.717) is 40.8 Å². The molecule has 4 aromatic rings. The molecule has 9 heteroatoms. The minimum Gasteiger partial charge on any atom is -0.395 e. The van der Waals surface area contributed by atoms with Crippen LogP contribution in [0.1, 0.15) is 41.3 Å². The molecule has 0 amide bonds. The smallest absolute Gasteiger partial charge is 0.395 e. The molecule has 1 aromatic heterocycles. The van der Waals surface area contributed by atoms with E-state index in [1.165, 1.54) is 30.6 Å². The molecule has 4 rings (SSSR count). The van der Waals surface area contributed by atoms with Gasteiger partial charge in [-0.2, -0.15) is 0 Å². The van der Waals surface area contributed by atoms with Crippen molar-refractivity contribution in [2.24, 2.45) is 0 Å². The number of rotatable bonds is 9. The second kappa shape index (κ2) is 11.4. The highest BCUT2D eigenvalue weighted by atomic mass is 19.3. The third kappa shape index (κ3) is 5.95. The van der Waals surface area contributed by atoms with Crippen LogP contribution in [0.2, 0.25) is 0 Å². The monoisotopic (exact) mass is 503 g/mol. The van der Waals surface area contributed by atoms with Crippen LogP contribution >= 0.6 is 0 Å². The van der Waals surface area contributed by atoms with E-state index >= 15 is 0 Å². The van der Waals surface area contributed by atoms with Crippen molar-refractivity contribution in [2.45, 2.75) is 26.3 Å². The normalized spacial score (nSPS) is 10.8. The summed E-state index contributed by atoms with van der Waals surface area (Å²) < 4.78 is 36.4. The molecule has 0 atom stereocenters. The summed E-state index contributed by atoms with van der Waals surface area (Å²) in [6.45, 7) is 6.01. The number of hydrogen-bond donors (Lipinski definition) is 1. The molecular weight excluding hydrogens is 480 g/mol. The van der Waals surface area contributed by atoms with Gasteiger partial charge in [0.25, 0.3) is 6.43 Å². The number of carbonyl (C=O) groups is 2. The number of alkyl halides is 2. The first-order chi connectivity index (χ1) is 17.9. The minimum absolute atomic E-state index is 0.161. The zero-order chi connectivity index (χ0) is 26.4. The van der Waals surface area contributed by atoms with Crippen LogP contribution in [0.4, 0.5) is 19.4 Å². The molecule has 0 saturated heterocycles. The van der Waals surface area contributed by atoms with Crippen molar-refractivity contribution in [3.63, 3.8) is 0 Å². The van der Waals surface area contributed by atoms with Gasteiger partial charge in [-0.25, -0.2) is 23.5 Å². The molecule has 0 unspecified atom stereocenters. The van der Waals surface area contributed by atoms with Gasteiger partial charge >= 0.3 is 6.16 Å². The van der Waals surface area contributed by atoms with E-state index in [-0.39, 0.29) is 17.3 Å². The number of carbonyl (C=O) groups excluding carboxylic acids is 2. The molecule has 1 N–H and O–H groups in total. The van der Waals surface area contributed by atoms with Crippen molar-refractivity contribution in [1.82, 2.24) is 9.97 Å². The van der Waals surface area contributed by atoms with Crippen molar-refractivity contribution in [1.29, 1.82) is 0 Å². The molecule has 3 aromatic carbocycles.